The van der Waals surface area contributed by atoms with Crippen LogP contribution in [0.3, 0.4) is 0 Å². The van der Waals surface area contributed by atoms with Crippen LogP contribution in [0.4, 0.5) is 5.82 Å². The van der Waals surface area contributed by atoms with Crippen LogP contribution in [-0.4, -0.2) is 27.2 Å². The average Bonchev–Trinajstić information content (AvgIpc) is 2.63. The van der Waals surface area contributed by atoms with Crippen LogP contribution in [0.25, 0.3) is 5.65 Å². The summed E-state index contributed by atoms with van der Waals surface area (Å²) in [5.74, 6) is -0.521. The molecule has 18 heavy (non-hydrogen) atoms. The van der Waals surface area contributed by atoms with Crippen molar-refractivity contribution in [2.24, 2.45) is 0 Å². The van der Waals surface area contributed by atoms with Crippen LogP contribution < -0.4 is 11.3 Å². The molecule has 7 heteroatoms. The van der Waals surface area contributed by atoms with E-state index in [1.165, 1.54) is 0 Å². The first-order chi connectivity index (χ1) is 8.47. The summed E-state index contributed by atoms with van der Waals surface area (Å²) >= 11 is 0. The molecule has 2 rings (SSSR count). The predicted molar refractivity (Wildman–Crippen MR) is 65.7 cm³/mol. The molecule has 2 aromatic heterocycles. The van der Waals surface area contributed by atoms with Crippen LogP contribution in [0.15, 0.2) is 4.79 Å². The second kappa shape index (κ2) is 4.17. The lowest BCUT2D eigenvalue weighted by Crippen LogP contribution is -2.20. The van der Waals surface area contributed by atoms with E-state index in [4.69, 9.17) is 10.5 Å². The number of aromatic nitrogens is 3. The highest BCUT2D eigenvalue weighted by Gasteiger charge is 2.21. The van der Waals surface area contributed by atoms with Crippen molar-refractivity contribution in [2.75, 3.05) is 12.3 Å². The van der Waals surface area contributed by atoms with Gasteiger partial charge in [-0.3, -0.25) is 9.89 Å². The summed E-state index contributed by atoms with van der Waals surface area (Å²) in [5.41, 5.74) is 6.77. The molecule has 0 spiro atoms. The number of fused-ring (bicyclic) bond motifs is 1. The highest BCUT2D eigenvalue weighted by Crippen LogP contribution is 2.16. The number of aryl methyl sites for hydroxylation is 1. The van der Waals surface area contributed by atoms with Gasteiger partial charge in [-0.15, -0.1) is 0 Å². The van der Waals surface area contributed by atoms with Gasteiger partial charge in [-0.25, -0.2) is 9.78 Å². The largest absolute Gasteiger partial charge is 0.462 e. The lowest BCUT2D eigenvalue weighted by atomic mass is 10.2. The number of aromatic amines is 1. The van der Waals surface area contributed by atoms with Gasteiger partial charge in [-0.2, -0.15) is 4.52 Å². The number of hydrogen-bond donors (Lipinski definition) is 2. The summed E-state index contributed by atoms with van der Waals surface area (Å²) in [5, 5.41) is 2.62. The van der Waals surface area contributed by atoms with Crippen molar-refractivity contribution in [1.82, 2.24) is 14.6 Å². The molecular weight excluding hydrogens is 236 g/mol. The number of carbonyl (C=O) groups excluding carboxylic acids is 1. The van der Waals surface area contributed by atoms with Gasteiger partial charge in [0.1, 0.15) is 11.4 Å². The van der Waals surface area contributed by atoms with E-state index in [2.05, 4.69) is 10.1 Å². The molecule has 0 saturated heterocycles. The Morgan fingerprint density at radius 1 is 1.50 bits per heavy atom. The highest BCUT2D eigenvalue weighted by molar-refractivity contribution is 6.00. The van der Waals surface area contributed by atoms with Gasteiger partial charge in [0.15, 0.2) is 5.65 Å². The zero-order valence-corrected chi connectivity index (χ0v) is 10.4. The van der Waals surface area contributed by atoms with Crippen LogP contribution >= 0.6 is 0 Å². The molecule has 0 fully saturated rings. The molecule has 0 saturated carbocycles. The third-order valence-corrected chi connectivity index (χ3v) is 2.76. The summed E-state index contributed by atoms with van der Waals surface area (Å²) in [6, 6.07) is 0. The Morgan fingerprint density at radius 2 is 2.17 bits per heavy atom. The number of nitrogens with two attached hydrogens (primary N) is 1. The second-order valence-electron chi connectivity index (χ2n) is 3.91. The van der Waals surface area contributed by atoms with Gasteiger partial charge in [0.05, 0.1) is 6.61 Å². The number of rotatable bonds is 2. The summed E-state index contributed by atoms with van der Waals surface area (Å²) in [4.78, 5) is 28.0. The standard InChI is InChI=1S/C11H14N4O3/c1-4-18-11(17)7-8(12)14-15-9(7)13-6(3)5(2)10(15)16/h14H,4,12H2,1-3H3. The molecule has 7 nitrogen and oxygen atoms in total. The van der Waals surface area contributed by atoms with Crippen molar-refractivity contribution in [3.63, 3.8) is 0 Å². The van der Waals surface area contributed by atoms with E-state index in [1.807, 2.05) is 0 Å². The summed E-state index contributed by atoms with van der Waals surface area (Å²) in [7, 11) is 0. The molecule has 2 aromatic rings. The fourth-order valence-electron chi connectivity index (χ4n) is 1.68. The van der Waals surface area contributed by atoms with Crippen LogP contribution in [0.1, 0.15) is 28.5 Å². The molecule has 0 atom stereocenters. The number of ether oxygens (including phenoxy) is 1. The normalized spacial score (nSPS) is 10.8. The molecule has 0 radical (unpaired) electrons. The number of esters is 1. The zero-order valence-electron chi connectivity index (χ0n) is 10.4. The van der Waals surface area contributed by atoms with E-state index < -0.39 is 5.97 Å². The third kappa shape index (κ3) is 1.64. The summed E-state index contributed by atoms with van der Waals surface area (Å²) in [6.45, 7) is 5.29. The van der Waals surface area contributed by atoms with Crippen molar-refractivity contribution in [3.05, 3.63) is 27.2 Å². The first-order valence-electron chi connectivity index (χ1n) is 5.51. The molecule has 0 aromatic carbocycles. The van der Waals surface area contributed by atoms with Gasteiger partial charge in [0.25, 0.3) is 5.56 Å². The first-order valence-corrected chi connectivity index (χ1v) is 5.51. The minimum atomic E-state index is -0.594. The number of hydrogen-bond acceptors (Lipinski definition) is 5. The minimum absolute atomic E-state index is 0.0723. The van der Waals surface area contributed by atoms with Crippen LogP contribution in [0.2, 0.25) is 0 Å². The molecule has 0 aliphatic rings. The SMILES string of the molecule is CCOC(=O)c1c(N)[nH]n2c(=O)c(C)c(C)nc12. The van der Waals surface area contributed by atoms with E-state index in [1.54, 1.807) is 20.8 Å². The maximum Gasteiger partial charge on any atom is 0.345 e. The molecule has 0 aliphatic heterocycles. The molecule has 0 unspecified atom stereocenters. The van der Waals surface area contributed by atoms with Crippen molar-refractivity contribution < 1.29 is 9.53 Å². The number of H-pyrrole nitrogens is 1. The van der Waals surface area contributed by atoms with Gasteiger partial charge >= 0.3 is 5.97 Å². The molecule has 3 N–H and O–H groups in total. The number of carbonyl (C=O) groups is 1. The lowest BCUT2D eigenvalue weighted by molar-refractivity contribution is 0.0529. The fraction of sp³-hybridized carbons (Fsp3) is 0.364. The number of nitrogens with one attached hydrogen (secondary N) is 1. The molecule has 2 heterocycles. The number of anilines is 1. The Morgan fingerprint density at radius 3 is 2.78 bits per heavy atom. The minimum Gasteiger partial charge on any atom is -0.462 e. The van der Waals surface area contributed by atoms with Gasteiger partial charge in [-0.05, 0) is 20.8 Å². The van der Waals surface area contributed by atoms with E-state index in [9.17, 15) is 9.59 Å². The lowest BCUT2D eigenvalue weighted by Gasteiger charge is -2.02. The van der Waals surface area contributed by atoms with Gasteiger partial charge in [0.2, 0.25) is 0 Å². The molecule has 0 bridgehead atoms. The summed E-state index contributed by atoms with van der Waals surface area (Å²) < 4.78 is 6.05. The molecular formula is C11H14N4O3. The van der Waals surface area contributed by atoms with Crippen molar-refractivity contribution in [2.45, 2.75) is 20.8 Å². The quantitative estimate of drug-likeness (QED) is 0.751. The fourth-order valence-corrected chi connectivity index (χ4v) is 1.68. The molecule has 96 valence electrons. The van der Waals surface area contributed by atoms with Crippen molar-refractivity contribution >= 4 is 17.4 Å². The maximum absolute atomic E-state index is 12.0. The van der Waals surface area contributed by atoms with Crippen LogP contribution in [-0.2, 0) is 4.74 Å². The van der Waals surface area contributed by atoms with Crippen molar-refractivity contribution in [3.8, 4) is 0 Å². The smallest absolute Gasteiger partial charge is 0.345 e. The Kier molecular flexibility index (Phi) is 2.82. The van der Waals surface area contributed by atoms with Gasteiger partial charge < -0.3 is 10.5 Å². The van der Waals surface area contributed by atoms with E-state index in [0.717, 1.165) is 4.52 Å². The van der Waals surface area contributed by atoms with E-state index >= 15 is 0 Å². The van der Waals surface area contributed by atoms with Crippen molar-refractivity contribution in [1.29, 1.82) is 0 Å². The topological polar surface area (TPSA) is 102 Å². The summed E-state index contributed by atoms with van der Waals surface area (Å²) in [6.07, 6.45) is 0. The highest BCUT2D eigenvalue weighted by atomic mass is 16.5. The Bertz CT molecular complexity index is 684. The van der Waals surface area contributed by atoms with E-state index in [0.29, 0.717) is 11.3 Å². The zero-order chi connectivity index (χ0) is 13.4. The Labute approximate surface area is 103 Å². The number of nitrogen functional groups attached to an aromatic ring is 1. The van der Waals surface area contributed by atoms with Gasteiger partial charge in [-0.1, -0.05) is 0 Å². The van der Waals surface area contributed by atoms with Crippen LogP contribution in [0.5, 0.6) is 0 Å². The third-order valence-electron chi connectivity index (χ3n) is 2.76. The molecule has 0 aliphatic carbocycles. The second-order valence-corrected chi connectivity index (χ2v) is 3.91. The number of nitrogens with zero attached hydrogens (tertiary/aromatic N) is 2. The van der Waals surface area contributed by atoms with Gasteiger partial charge in [0, 0.05) is 11.3 Å². The predicted octanol–water partition coefficient (Wildman–Crippen LogP) is 0.398. The first kappa shape index (κ1) is 12.2. The Balaban J connectivity index is 2.80. The van der Waals surface area contributed by atoms with E-state index in [-0.39, 0.29) is 29.2 Å². The Hall–Kier alpha value is -2.31. The average molecular weight is 250 g/mol. The van der Waals surface area contributed by atoms with Crippen LogP contribution in [0, 0.1) is 13.8 Å². The maximum atomic E-state index is 12.0. The molecule has 0 amide bonds. The monoisotopic (exact) mass is 250 g/mol.